The molecule has 7 nitrogen and oxygen atoms in total. The lowest BCUT2D eigenvalue weighted by molar-refractivity contribution is -0.117. The van der Waals surface area contributed by atoms with Gasteiger partial charge in [0, 0.05) is 35.2 Å². The number of benzene rings is 1. The number of aromatic nitrogens is 1. The topological polar surface area (TPSA) is 100 Å². The Morgan fingerprint density at radius 3 is 2.43 bits per heavy atom. The summed E-state index contributed by atoms with van der Waals surface area (Å²) in [5.74, 6) is -0.407. The van der Waals surface area contributed by atoms with Gasteiger partial charge in [0.25, 0.3) is 11.8 Å². The van der Waals surface area contributed by atoms with E-state index < -0.39 is 0 Å². The van der Waals surface area contributed by atoms with Crippen LogP contribution in [-0.2, 0) is 4.79 Å². The van der Waals surface area contributed by atoms with Crippen LogP contribution in [0.5, 0.6) is 0 Å². The van der Waals surface area contributed by atoms with E-state index in [1.165, 1.54) is 11.3 Å². The number of aryl methyl sites for hydroxylation is 1. The second-order valence-electron chi connectivity index (χ2n) is 7.10. The van der Waals surface area contributed by atoms with Crippen molar-refractivity contribution in [3.63, 3.8) is 0 Å². The molecule has 0 saturated heterocycles. The zero-order valence-electron chi connectivity index (χ0n) is 16.3. The third-order valence-corrected chi connectivity index (χ3v) is 5.71. The van der Waals surface area contributed by atoms with Gasteiger partial charge in [-0.15, -0.1) is 11.3 Å². The molecule has 0 spiro atoms. The summed E-state index contributed by atoms with van der Waals surface area (Å²) in [6.07, 6.45) is 4.97. The van der Waals surface area contributed by atoms with Gasteiger partial charge in [0.1, 0.15) is 0 Å². The smallest absolute Gasteiger partial charge is 0.265 e. The minimum absolute atomic E-state index is 0.0110. The zero-order chi connectivity index (χ0) is 21.1. The first-order chi connectivity index (χ1) is 14.5. The summed E-state index contributed by atoms with van der Waals surface area (Å²) in [4.78, 5) is 41.3. The van der Waals surface area contributed by atoms with E-state index in [0.29, 0.717) is 26.8 Å². The van der Waals surface area contributed by atoms with Gasteiger partial charge in [-0.2, -0.15) is 0 Å². The molecular weight excluding hydrogens is 400 g/mol. The number of carbonyl (C=O) groups is 3. The Morgan fingerprint density at radius 2 is 1.70 bits per heavy atom. The van der Waals surface area contributed by atoms with Gasteiger partial charge in [-0.05, 0) is 61.7 Å². The highest BCUT2D eigenvalue weighted by atomic mass is 32.1. The summed E-state index contributed by atoms with van der Waals surface area (Å²) < 4.78 is 0. The highest BCUT2D eigenvalue weighted by Gasteiger charge is 2.29. The molecule has 152 valence electrons. The fourth-order valence-electron chi connectivity index (χ4n) is 2.82. The molecule has 4 rings (SSSR count). The lowest BCUT2D eigenvalue weighted by Crippen LogP contribution is -2.14. The van der Waals surface area contributed by atoms with Crippen LogP contribution in [0, 0.1) is 12.8 Å². The molecule has 1 fully saturated rings. The number of pyridine rings is 1. The monoisotopic (exact) mass is 420 g/mol. The van der Waals surface area contributed by atoms with Crippen LogP contribution in [0.3, 0.4) is 0 Å². The molecule has 3 amide bonds. The molecule has 8 heteroatoms. The molecule has 1 aliphatic rings. The van der Waals surface area contributed by atoms with E-state index in [-0.39, 0.29) is 23.6 Å². The first-order valence-corrected chi connectivity index (χ1v) is 10.4. The number of thiophene rings is 1. The van der Waals surface area contributed by atoms with E-state index in [1.807, 2.05) is 13.0 Å². The fourth-order valence-corrected chi connectivity index (χ4v) is 3.63. The third-order valence-electron chi connectivity index (χ3n) is 4.71. The molecular formula is C22H20N4O3S. The van der Waals surface area contributed by atoms with Crippen molar-refractivity contribution in [1.82, 2.24) is 4.98 Å². The molecule has 0 aliphatic heterocycles. The van der Waals surface area contributed by atoms with Crippen LogP contribution in [0.1, 0.15) is 38.4 Å². The van der Waals surface area contributed by atoms with E-state index in [2.05, 4.69) is 20.9 Å². The average Bonchev–Trinajstić information content (AvgIpc) is 3.50. The summed E-state index contributed by atoms with van der Waals surface area (Å²) in [6, 6.07) is 12.0. The van der Waals surface area contributed by atoms with Gasteiger partial charge in [-0.1, -0.05) is 6.07 Å². The number of carbonyl (C=O) groups excluding carboxylic acids is 3. The largest absolute Gasteiger partial charge is 0.322 e. The highest BCUT2D eigenvalue weighted by Crippen LogP contribution is 2.32. The zero-order valence-corrected chi connectivity index (χ0v) is 17.1. The predicted octanol–water partition coefficient (Wildman–Crippen LogP) is 4.30. The highest BCUT2D eigenvalue weighted by molar-refractivity contribution is 7.18. The second-order valence-corrected chi connectivity index (χ2v) is 8.19. The maximum Gasteiger partial charge on any atom is 0.265 e. The Balaban J connectivity index is 1.42. The number of hydrogen-bond acceptors (Lipinski definition) is 5. The summed E-state index contributed by atoms with van der Waals surface area (Å²) in [5, 5.41) is 9.20. The van der Waals surface area contributed by atoms with Crippen molar-refractivity contribution in [3.8, 4) is 0 Å². The van der Waals surface area contributed by atoms with Crippen LogP contribution in [0.4, 0.5) is 16.4 Å². The van der Waals surface area contributed by atoms with Crippen molar-refractivity contribution in [2.24, 2.45) is 5.92 Å². The van der Waals surface area contributed by atoms with Gasteiger partial charge in [0.15, 0.2) is 0 Å². The summed E-state index contributed by atoms with van der Waals surface area (Å²) in [5.41, 5.74) is 2.54. The third kappa shape index (κ3) is 4.72. The molecule has 0 radical (unpaired) electrons. The van der Waals surface area contributed by atoms with Gasteiger partial charge in [0.2, 0.25) is 5.91 Å². The van der Waals surface area contributed by atoms with Crippen molar-refractivity contribution in [3.05, 3.63) is 70.9 Å². The van der Waals surface area contributed by atoms with Crippen LogP contribution in [0.2, 0.25) is 0 Å². The van der Waals surface area contributed by atoms with Crippen LogP contribution in [0.15, 0.2) is 54.9 Å². The lowest BCUT2D eigenvalue weighted by atomic mass is 10.1. The van der Waals surface area contributed by atoms with Crippen LogP contribution < -0.4 is 16.0 Å². The summed E-state index contributed by atoms with van der Waals surface area (Å²) >= 11 is 1.23. The molecule has 0 unspecified atom stereocenters. The SMILES string of the molecule is Cc1ccc(NC(=O)c2ccc(NC(=O)C3CC3)s2)cc1NC(=O)c1ccncc1. The first kappa shape index (κ1) is 19.8. The van der Waals surface area contributed by atoms with Crippen molar-refractivity contribution in [2.45, 2.75) is 19.8 Å². The molecule has 2 heterocycles. The minimum Gasteiger partial charge on any atom is -0.322 e. The van der Waals surface area contributed by atoms with Crippen LogP contribution in [-0.4, -0.2) is 22.7 Å². The number of nitrogens with one attached hydrogen (secondary N) is 3. The maximum absolute atomic E-state index is 12.6. The molecule has 2 aromatic heterocycles. The molecule has 30 heavy (non-hydrogen) atoms. The van der Waals surface area contributed by atoms with Crippen molar-refractivity contribution < 1.29 is 14.4 Å². The molecule has 3 aromatic rings. The Kier molecular flexibility index (Phi) is 5.58. The van der Waals surface area contributed by atoms with Gasteiger partial charge < -0.3 is 16.0 Å². The quantitative estimate of drug-likeness (QED) is 0.553. The van der Waals surface area contributed by atoms with E-state index in [0.717, 1.165) is 18.4 Å². The van der Waals surface area contributed by atoms with Gasteiger partial charge in [-0.3, -0.25) is 19.4 Å². The number of rotatable bonds is 6. The van der Waals surface area contributed by atoms with Crippen molar-refractivity contribution >= 4 is 45.4 Å². The molecule has 3 N–H and O–H groups in total. The van der Waals surface area contributed by atoms with Gasteiger partial charge in [0.05, 0.1) is 9.88 Å². The van der Waals surface area contributed by atoms with E-state index in [4.69, 9.17) is 0 Å². The van der Waals surface area contributed by atoms with E-state index >= 15 is 0 Å². The van der Waals surface area contributed by atoms with Crippen molar-refractivity contribution in [2.75, 3.05) is 16.0 Å². The van der Waals surface area contributed by atoms with Crippen molar-refractivity contribution in [1.29, 1.82) is 0 Å². The normalized spacial score (nSPS) is 12.8. The molecule has 1 aliphatic carbocycles. The van der Waals surface area contributed by atoms with Crippen LogP contribution in [0.25, 0.3) is 0 Å². The minimum atomic E-state index is -0.276. The maximum atomic E-state index is 12.6. The molecule has 0 bridgehead atoms. The molecule has 1 aromatic carbocycles. The number of nitrogens with zero attached hydrogens (tertiary/aromatic N) is 1. The Labute approximate surface area is 177 Å². The number of hydrogen-bond donors (Lipinski definition) is 3. The number of amides is 3. The summed E-state index contributed by atoms with van der Waals surface area (Å²) in [6.45, 7) is 1.88. The summed E-state index contributed by atoms with van der Waals surface area (Å²) in [7, 11) is 0. The Morgan fingerprint density at radius 1 is 0.933 bits per heavy atom. The second kappa shape index (κ2) is 8.46. The van der Waals surface area contributed by atoms with E-state index in [9.17, 15) is 14.4 Å². The molecule has 1 saturated carbocycles. The standard InChI is InChI=1S/C22H20N4O3S/c1-13-2-5-16(12-17(13)25-20(27)15-8-10-23-11-9-15)24-22(29)18-6-7-19(30-18)26-21(28)14-3-4-14/h2,5-12,14H,3-4H2,1H3,(H,24,29)(H,25,27)(H,26,28). The van der Waals surface area contributed by atoms with E-state index in [1.54, 1.807) is 48.8 Å². The number of anilines is 3. The predicted molar refractivity (Wildman–Crippen MR) is 117 cm³/mol. The Hall–Kier alpha value is -3.52. The van der Waals surface area contributed by atoms with Gasteiger partial charge in [-0.25, -0.2) is 0 Å². The Bertz CT molecular complexity index is 1110. The van der Waals surface area contributed by atoms with Crippen LogP contribution >= 0.6 is 11.3 Å². The molecule has 0 atom stereocenters. The first-order valence-electron chi connectivity index (χ1n) is 9.53. The van der Waals surface area contributed by atoms with Gasteiger partial charge >= 0.3 is 0 Å². The lowest BCUT2D eigenvalue weighted by Gasteiger charge is -2.11. The fraction of sp³-hybridized carbons (Fsp3) is 0.182. The average molecular weight is 420 g/mol.